The monoisotopic (exact) mass is 636 g/mol. The average molecular weight is 637 g/mol. The third-order valence-corrected chi connectivity index (χ3v) is 9.84. The van der Waals surface area contributed by atoms with Gasteiger partial charge >= 0.3 is 6.01 Å². The van der Waals surface area contributed by atoms with Gasteiger partial charge in [-0.05, 0) is 55.8 Å². The van der Waals surface area contributed by atoms with Crippen LogP contribution in [-0.2, 0) is 0 Å². The zero-order chi connectivity index (χ0) is 30.2. The molecule has 8 rings (SSSR count). The topological polar surface area (TPSA) is 150 Å². The van der Waals surface area contributed by atoms with Crippen LogP contribution in [0.25, 0.3) is 32.9 Å². The molecule has 2 aromatic carbocycles. The number of anilines is 1. The summed E-state index contributed by atoms with van der Waals surface area (Å²) in [6.45, 7) is 2.79. The summed E-state index contributed by atoms with van der Waals surface area (Å²) in [6.07, 6.45) is 10.5. The maximum atomic E-state index is 16.7. The first-order valence-electron chi connectivity index (χ1n) is 15.1. The Morgan fingerprint density at radius 2 is 1.89 bits per heavy atom. The van der Waals surface area contributed by atoms with Gasteiger partial charge in [0.2, 0.25) is 0 Å². The van der Waals surface area contributed by atoms with Crippen molar-refractivity contribution in [2.45, 2.75) is 55.9 Å². The summed E-state index contributed by atoms with van der Waals surface area (Å²) in [5.41, 5.74) is -0.468. The number of alkyl halides is 1. The Labute approximate surface area is 263 Å². The fourth-order valence-electron chi connectivity index (χ4n) is 7.89. The fraction of sp³-hybridized carbons (Fsp3) is 0.424. The van der Waals surface area contributed by atoms with Gasteiger partial charge in [-0.3, -0.25) is 9.88 Å². The van der Waals surface area contributed by atoms with Crippen molar-refractivity contribution >= 4 is 27.5 Å². The van der Waals surface area contributed by atoms with E-state index in [4.69, 9.17) is 16.1 Å². The predicted octanol–water partition coefficient (Wildman–Crippen LogP) is 3.06. The molecule has 0 saturated carbocycles. The van der Waals surface area contributed by atoms with Crippen LogP contribution in [-0.4, -0.2) is 92.5 Å². The molecule has 4 aliphatic heterocycles. The Kier molecular flexibility index (Phi) is 8.18. The van der Waals surface area contributed by atoms with Gasteiger partial charge < -0.3 is 31.0 Å². The number of phenolic OH excluding ortho intramolecular Hbond substituents is 1. The van der Waals surface area contributed by atoms with Crippen LogP contribution in [0.2, 0.25) is 0 Å². The molecule has 4 saturated heterocycles. The molecular weight excluding hydrogens is 601 g/mol. The molecule has 0 aliphatic carbocycles. The number of phenols is 1. The van der Waals surface area contributed by atoms with E-state index in [0.717, 1.165) is 32.2 Å². The Morgan fingerprint density at radius 1 is 1.11 bits per heavy atom. The van der Waals surface area contributed by atoms with Crippen molar-refractivity contribution in [3.05, 3.63) is 47.7 Å². The molecule has 4 atom stereocenters. The lowest BCUT2D eigenvalue weighted by Gasteiger charge is -2.34. The van der Waals surface area contributed by atoms with Crippen molar-refractivity contribution in [1.82, 2.24) is 25.2 Å². The number of terminal acetylenes is 1. The SMILES string of the molecule is C#Cc1c(F)ccc2cc(O)cc(-c3ncc4c(N5C[C@H]6CC[C@@H](C5)N6)nc(OC[C@@]56CCCN5C[C@H](F)C6)nc4c3F)c12.O.O. The van der Waals surface area contributed by atoms with Crippen LogP contribution in [0.15, 0.2) is 30.5 Å². The van der Waals surface area contributed by atoms with Crippen LogP contribution in [0.4, 0.5) is 19.0 Å². The minimum Gasteiger partial charge on any atom is -0.508 e. The Balaban J connectivity index is 0.00000186. The van der Waals surface area contributed by atoms with E-state index >= 15 is 4.39 Å². The third-order valence-electron chi connectivity index (χ3n) is 9.84. The van der Waals surface area contributed by atoms with Crippen molar-refractivity contribution in [1.29, 1.82) is 0 Å². The van der Waals surface area contributed by atoms with Crippen LogP contribution in [0, 0.1) is 24.0 Å². The lowest BCUT2D eigenvalue weighted by molar-refractivity contribution is 0.107. The number of benzene rings is 2. The summed E-state index contributed by atoms with van der Waals surface area (Å²) in [6, 6.07) is 6.07. The summed E-state index contributed by atoms with van der Waals surface area (Å²) >= 11 is 0. The summed E-state index contributed by atoms with van der Waals surface area (Å²) < 4.78 is 52.2. The van der Waals surface area contributed by atoms with E-state index < -0.39 is 23.3 Å². The van der Waals surface area contributed by atoms with Crippen molar-refractivity contribution < 1.29 is 34.0 Å². The van der Waals surface area contributed by atoms with Crippen LogP contribution in [0.3, 0.4) is 0 Å². The van der Waals surface area contributed by atoms with Gasteiger partial charge in [-0.25, -0.2) is 13.2 Å². The molecule has 10 nitrogen and oxygen atoms in total. The Hall–Kier alpha value is -4.22. The van der Waals surface area contributed by atoms with Gasteiger partial charge in [0.1, 0.15) is 41.4 Å². The second-order valence-electron chi connectivity index (χ2n) is 12.6. The largest absolute Gasteiger partial charge is 0.508 e. The van der Waals surface area contributed by atoms with Crippen molar-refractivity contribution in [2.75, 3.05) is 37.7 Å². The summed E-state index contributed by atoms with van der Waals surface area (Å²) in [4.78, 5) is 18.1. The van der Waals surface area contributed by atoms with Gasteiger partial charge in [-0.2, -0.15) is 9.97 Å². The number of fused-ring (bicyclic) bond motifs is 5. The number of nitrogens with zero attached hydrogens (tertiary/aromatic N) is 5. The minimum absolute atomic E-state index is 0. The zero-order valence-corrected chi connectivity index (χ0v) is 25.0. The van der Waals surface area contributed by atoms with Gasteiger partial charge in [-0.1, -0.05) is 12.0 Å². The molecule has 2 bridgehead atoms. The van der Waals surface area contributed by atoms with Gasteiger partial charge in [0, 0.05) is 55.3 Å². The normalized spacial score (nSPS) is 25.3. The zero-order valence-electron chi connectivity index (χ0n) is 25.0. The highest BCUT2D eigenvalue weighted by atomic mass is 19.1. The number of ether oxygens (including phenoxy) is 1. The van der Waals surface area contributed by atoms with E-state index in [1.165, 1.54) is 30.5 Å². The summed E-state index contributed by atoms with van der Waals surface area (Å²) in [5.74, 6) is 1.35. The molecule has 6 heterocycles. The molecule has 13 heteroatoms. The highest BCUT2D eigenvalue weighted by Gasteiger charge is 2.49. The number of halogens is 3. The number of pyridine rings is 1. The molecule has 6 N–H and O–H groups in total. The quantitative estimate of drug-likeness (QED) is 0.318. The maximum Gasteiger partial charge on any atom is 0.319 e. The van der Waals surface area contributed by atoms with Crippen LogP contribution < -0.4 is 15.0 Å². The fourth-order valence-corrected chi connectivity index (χ4v) is 7.89. The van der Waals surface area contributed by atoms with Gasteiger partial charge in [-0.15, -0.1) is 6.42 Å². The number of piperazine rings is 1. The number of nitrogens with one attached hydrogen (secondary N) is 1. The second kappa shape index (κ2) is 11.9. The van der Waals surface area contributed by atoms with Gasteiger partial charge in [0.15, 0.2) is 5.82 Å². The number of aromatic hydroxyl groups is 1. The van der Waals surface area contributed by atoms with Crippen LogP contribution in [0.1, 0.15) is 37.7 Å². The predicted molar refractivity (Wildman–Crippen MR) is 168 cm³/mol. The van der Waals surface area contributed by atoms with Crippen LogP contribution >= 0.6 is 0 Å². The Bertz CT molecular complexity index is 1860. The molecule has 46 heavy (non-hydrogen) atoms. The highest BCUT2D eigenvalue weighted by molar-refractivity contribution is 6.03. The van der Waals surface area contributed by atoms with Gasteiger partial charge in [0.25, 0.3) is 0 Å². The van der Waals surface area contributed by atoms with E-state index in [0.29, 0.717) is 54.7 Å². The summed E-state index contributed by atoms with van der Waals surface area (Å²) in [5, 5.41) is 15.2. The molecule has 242 valence electrons. The molecular formula is C33H35F3N6O4. The van der Waals surface area contributed by atoms with E-state index in [-0.39, 0.29) is 57.0 Å². The Morgan fingerprint density at radius 3 is 2.65 bits per heavy atom. The number of hydrogen-bond donors (Lipinski definition) is 2. The third kappa shape index (κ3) is 5.06. The molecule has 4 fully saturated rings. The first-order chi connectivity index (χ1) is 21.3. The number of hydrogen-bond acceptors (Lipinski definition) is 8. The van der Waals surface area contributed by atoms with Gasteiger partial charge in [0.05, 0.1) is 16.5 Å². The molecule has 4 aliphatic rings. The lowest BCUT2D eigenvalue weighted by Crippen LogP contribution is -2.51. The second-order valence-corrected chi connectivity index (χ2v) is 12.6. The van der Waals surface area contributed by atoms with Crippen molar-refractivity contribution in [3.63, 3.8) is 0 Å². The number of rotatable bonds is 5. The first kappa shape index (κ1) is 31.7. The van der Waals surface area contributed by atoms with E-state index in [9.17, 15) is 13.9 Å². The standard InChI is InChI=1S/C33H31F3N6O2.2H2O/c1-2-23-26(35)7-4-18-10-22(43)11-24(27(18)23)29-28(36)30-25(13-37-29)31(41-15-20-5-6-21(16-41)38-20)40-32(39-30)44-17-33-8-3-9-42(33)14-19(34)12-33;;/h1,4,7,10-11,13,19-21,38,43H,3,5-6,8-9,12,14-17H2;2*1H2/t19-,20-,21+,33+;;/m1../s1. The minimum atomic E-state index is -0.913. The van der Waals surface area contributed by atoms with E-state index in [1.807, 2.05) is 0 Å². The molecule has 0 spiro atoms. The molecule has 2 aromatic heterocycles. The summed E-state index contributed by atoms with van der Waals surface area (Å²) in [7, 11) is 0. The lowest BCUT2D eigenvalue weighted by atomic mass is 9.95. The van der Waals surface area contributed by atoms with Crippen LogP contribution in [0.5, 0.6) is 11.8 Å². The van der Waals surface area contributed by atoms with Crippen molar-refractivity contribution in [3.8, 4) is 35.4 Å². The highest BCUT2D eigenvalue weighted by Crippen LogP contribution is 2.42. The number of aromatic nitrogens is 3. The molecule has 0 radical (unpaired) electrons. The van der Waals surface area contributed by atoms with Crippen molar-refractivity contribution in [2.24, 2.45) is 0 Å². The molecule has 4 aromatic rings. The maximum absolute atomic E-state index is 16.7. The molecule has 0 unspecified atom stereocenters. The smallest absolute Gasteiger partial charge is 0.319 e. The molecule has 0 amide bonds. The van der Waals surface area contributed by atoms with E-state index in [1.54, 1.807) is 0 Å². The van der Waals surface area contributed by atoms with E-state index in [2.05, 4.69) is 31.0 Å². The average Bonchev–Trinajstić information content (AvgIpc) is 3.66. The first-order valence-corrected chi connectivity index (χ1v) is 15.1.